The summed E-state index contributed by atoms with van der Waals surface area (Å²) in [5, 5.41) is 26.3. The maximum Gasteiger partial charge on any atom is 1.00 e. The van der Waals surface area contributed by atoms with Gasteiger partial charge in [-0.2, -0.15) is 0 Å². The van der Waals surface area contributed by atoms with E-state index in [1.54, 1.807) is 0 Å². The van der Waals surface area contributed by atoms with Crippen LogP contribution >= 0.6 is 0 Å². The minimum Gasteiger partial charge on any atom is -0.548 e. The first-order valence-electron chi connectivity index (χ1n) is 7.57. The largest absolute Gasteiger partial charge is 1.00 e. The third kappa shape index (κ3) is 3.16. The normalized spacial score (nSPS) is 28.1. The minimum absolute atomic E-state index is 0. The Morgan fingerprint density at radius 1 is 1.48 bits per heavy atom. The van der Waals surface area contributed by atoms with Gasteiger partial charge in [-0.25, -0.2) is 13.1 Å². The Balaban J connectivity index is 0.00000261. The number of aromatic nitrogens is 3. The molecular formula is C13H15N4NaO8S. The summed E-state index contributed by atoms with van der Waals surface area (Å²) in [6.45, 7) is 0.304. The van der Waals surface area contributed by atoms with E-state index < -0.39 is 43.8 Å². The average Bonchev–Trinajstić information content (AvgIpc) is 3.08. The number of ether oxygens (including phenoxy) is 1. The van der Waals surface area contributed by atoms with Crippen LogP contribution in [0.2, 0.25) is 0 Å². The van der Waals surface area contributed by atoms with Crippen LogP contribution in [0.1, 0.15) is 19.0 Å². The number of hydrogen-bond acceptors (Lipinski definition) is 10. The second-order valence-corrected chi connectivity index (χ2v) is 8.58. The number of carboxylic acid groups (broad SMARTS) is 1. The number of nitrogens with zero attached hydrogens (tertiary/aromatic N) is 4. The zero-order valence-electron chi connectivity index (χ0n) is 14.6. The summed E-state index contributed by atoms with van der Waals surface area (Å²) in [4.78, 5) is 36.2. The van der Waals surface area contributed by atoms with Gasteiger partial charge in [-0.05, 0) is 6.92 Å². The SMILES string of the molecule is C[C@]1(C(=O)OCCn2cc(CO)nn2)[C@H](C(=O)[O-])N2C(=O)CC2S1(=O)=O.[Na+]. The number of sulfone groups is 1. The molecule has 1 aromatic heterocycles. The smallest absolute Gasteiger partial charge is 0.548 e. The van der Waals surface area contributed by atoms with Crippen molar-refractivity contribution in [1.29, 1.82) is 0 Å². The van der Waals surface area contributed by atoms with Crippen LogP contribution in [-0.4, -0.2) is 74.0 Å². The molecule has 0 bridgehead atoms. The molecule has 0 saturated carbocycles. The van der Waals surface area contributed by atoms with E-state index in [1.807, 2.05) is 0 Å². The Kier molecular flexibility index (Phi) is 6.02. The van der Waals surface area contributed by atoms with Crippen LogP contribution in [0.15, 0.2) is 6.20 Å². The number of hydrogen-bond donors (Lipinski definition) is 1. The number of aliphatic hydroxyl groups is 1. The van der Waals surface area contributed by atoms with E-state index in [1.165, 1.54) is 10.9 Å². The summed E-state index contributed by atoms with van der Waals surface area (Å²) in [5.74, 6) is -3.80. The second kappa shape index (κ2) is 7.47. The predicted octanol–water partition coefficient (Wildman–Crippen LogP) is -6.82. The van der Waals surface area contributed by atoms with Gasteiger partial charge in [-0.1, -0.05) is 5.21 Å². The molecule has 14 heteroatoms. The summed E-state index contributed by atoms with van der Waals surface area (Å²) in [5.41, 5.74) is 0.293. The fourth-order valence-electron chi connectivity index (χ4n) is 3.14. The van der Waals surface area contributed by atoms with Crippen LogP contribution in [0.5, 0.6) is 0 Å². The molecule has 142 valence electrons. The van der Waals surface area contributed by atoms with Gasteiger partial charge in [-0.3, -0.25) is 9.59 Å². The van der Waals surface area contributed by atoms with Crippen molar-refractivity contribution in [2.24, 2.45) is 0 Å². The quantitative estimate of drug-likeness (QED) is 0.270. The number of aliphatic carboxylic acids is 1. The molecule has 0 radical (unpaired) electrons. The average molecular weight is 410 g/mol. The van der Waals surface area contributed by atoms with E-state index >= 15 is 0 Å². The fourth-order valence-corrected chi connectivity index (χ4v) is 5.41. The third-order valence-electron chi connectivity index (χ3n) is 4.63. The van der Waals surface area contributed by atoms with Crippen molar-refractivity contribution in [3.8, 4) is 0 Å². The van der Waals surface area contributed by atoms with Gasteiger partial charge in [0.05, 0.1) is 31.7 Å². The third-order valence-corrected chi connectivity index (χ3v) is 7.31. The maximum atomic E-state index is 12.6. The van der Waals surface area contributed by atoms with E-state index in [-0.39, 0.29) is 55.7 Å². The monoisotopic (exact) mass is 410 g/mol. The summed E-state index contributed by atoms with van der Waals surface area (Å²) in [6, 6.07) is -1.95. The molecule has 1 unspecified atom stereocenters. The molecule has 0 spiro atoms. The van der Waals surface area contributed by atoms with Crippen molar-refractivity contribution in [2.45, 2.75) is 42.7 Å². The van der Waals surface area contributed by atoms with E-state index in [0.29, 0.717) is 10.6 Å². The number of β-lactam (4-membered cyclic amide) rings is 1. The van der Waals surface area contributed by atoms with E-state index in [2.05, 4.69) is 10.3 Å². The second-order valence-electron chi connectivity index (χ2n) is 6.10. The van der Waals surface area contributed by atoms with Crippen molar-refractivity contribution in [3.63, 3.8) is 0 Å². The number of rotatable bonds is 6. The zero-order valence-corrected chi connectivity index (χ0v) is 17.4. The van der Waals surface area contributed by atoms with Crippen molar-refractivity contribution in [1.82, 2.24) is 19.9 Å². The Labute approximate surface area is 175 Å². The van der Waals surface area contributed by atoms with E-state index in [4.69, 9.17) is 9.84 Å². The van der Waals surface area contributed by atoms with Gasteiger partial charge in [0, 0.05) is 0 Å². The van der Waals surface area contributed by atoms with Crippen molar-refractivity contribution >= 4 is 27.7 Å². The van der Waals surface area contributed by atoms with Gasteiger partial charge >= 0.3 is 35.5 Å². The molecular weight excluding hydrogens is 395 g/mol. The van der Waals surface area contributed by atoms with Crippen LogP contribution in [0, 0.1) is 0 Å². The first-order valence-corrected chi connectivity index (χ1v) is 9.11. The first kappa shape index (κ1) is 21.8. The van der Waals surface area contributed by atoms with Gasteiger partial charge in [0.1, 0.15) is 23.7 Å². The van der Waals surface area contributed by atoms with E-state index in [9.17, 15) is 27.9 Å². The molecule has 1 aromatic rings. The number of carbonyl (C=O) groups is 3. The Bertz CT molecular complexity index is 887. The van der Waals surface area contributed by atoms with Gasteiger partial charge in [0.25, 0.3) is 0 Å². The van der Waals surface area contributed by atoms with Crippen molar-refractivity contribution < 1.29 is 67.3 Å². The molecule has 3 rings (SSSR count). The molecule has 1 N–H and O–H groups in total. The summed E-state index contributed by atoms with van der Waals surface area (Å²) >= 11 is 0. The molecule has 1 amide bonds. The molecule has 2 aliphatic heterocycles. The van der Waals surface area contributed by atoms with Crippen LogP contribution in [0.4, 0.5) is 0 Å². The number of carbonyl (C=O) groups excluding carboxylic acids is 3. The van der Waals surface area contributed by atoms with Crippen LogP contribution in [0.3, 0.4) is 0 Å². The van der Waals surface area contributed by atoms with Gasteiger partial charge in [0.2, 0.25) is 5.91 Å². The molecule has 2 fully saturated rings. The van der Waals surface area contributed by atoms with Crippen LogP contribution in [0.25, 0.3) is 0 Å². The molecule has 27 heavy (non-hydrogen) atoms. The maximum absolute atomic E-state index is 12.6. The predicted molar refractivity (Wildman–Crippen MR) is 78.3 cm³/mol. The molecule has 0 aliphatic carbocycles. The van der Waals surface area contributed by atoms with Gasteiger partial charge in [0.15, 0.2) is 14.6 Å². The summed E-state index contributed by atoms with van der Waals surface area (Å²) in [6.07, 6.45) is 1.02. The standard InChI is InChI=1S/C13H16N4O8S.Na/c1-13(12(22)25-3-2-16-5-7(6-18)14-15-16)10(11(20)21)17-8(19)4-9(17)26(13,23)24;/h5,9-10,18H,2-4,6H2,1H3,(H,20,21);/q;+1/p-1/t9?,10-,13+;/m0./s1. The number of esters is 1. The Morgan fingerprint density at radius 3 is 2.67 bits per heavy atom. The topological polar surface area (TPSA) is 172 Å². The molecule has 3 heterocycles. The number of amides is 1. The van der Waals surface area contributed by atoms with Gasteiger partial charge in [-0.15, -0.1) is 5.10 Å². The van der Waals surface area contributed by atoms with Gasteiger partial charge < -0.3 is 24.6 Å². The summed E-state index contributed by atoms with van der Waals surface area (Å²) < 4.78 is 29.0. The van der Waals surface area contributed by atoms with Crippen molar-refractivity contribution in [2.75, 3.05) is 6.61 Å². The molecule has 0 aromatic carbocycles. The molecule has 12 nitrogen and oxygen atoms in total. The Morgan fingerprint density at radius 2 is 2.15 bits per heavy atom. The fraction of sp³-hybridized carbons (Fsp3) is 0.615. The number of aliphatic hydroxyl groups excluding tert-OH is 1. The van der Waals surface area contributed by atoms with E-state index in [0.717, 1.165) is 6.92 Å². The first-order chi connectivity index (χ1) is 12.1. The van der Waals surface area contributed by atoms with Crippen molar-refractivity contribution in [3.05, 3.63) is 11.9 Å². The molecule has 3 atom stereocenters. The van der Waals surface area contributed by atoms with Crippen LogP contribution in [-0.2, 0) is 42.1 Å². The molecule has 2 saturated heterocycles. The number of fused-ring (bicyclic) bond motifs is 1. The minimum atomic E-state index is -4.31. The Hall–Kier alpha value is -1.54. The molecule has 2 aliphatic rings. The summed E-state index contributed by atoms with van der Waals surface area (Å²) in [7, 11) is -4.31. The number of carboxylic acids is 1. The zero-order chi connectivity index (χ0) is 19.3. The van der Waals surface area contributed by atoms with Crippen LogP contribution < -0.4 is 34.7 Å².